The Morgan fingerprint density at radius 2 is 1.89 bits per heavy atom. The first-order valence-corrected chi connectivity index (χ1v) is 9.77. The summed E-state index contributed by atoms with van der Waals surface area (Å²) in [7, 11) is 0. The third-order valence-electron chi connectivity index (χ3n) is 4.85. The second kappa shape index (κ2) is 7.24. The van der Waals surface area contributed by atoms with Gasteiger partial charge in [-0.1, -0.05) is 46.3 Å². The predicted molar refractivity (Wildman–Crippen MR) is 112 cm³/mol. The van der Waals surface area contributed by atoms with Gasteiger partial charge < -0.3 is 5.32 Å². The van der Waals surface area contributed by atoms with Crippen molar-refractivity contribution in [2.24, 2.45) is 0 Å². The molecule has 28 heavy (non-hydrogen) atoms. The minimum atomic E-state index is -0.493. The van der Waals surface area contributed by atoms with Gasteiger partial charge in [0, 0.05) is 28.2 Å². The second-order valence-corrected chi connectivity index (χ2v) is 7.57. The van der Waals surface area contributed by atoms with Gasteiger partial charge in [0.2, 0.25) is 5.91 Å². The molecule has 1 N–H and O–H groups in total. The van der Waals surface area contributed by atoms with E-state index in [1.165, 1.54) is 6.07 Å². The molecular formula is C21H19BrN4O2. The Bertz CT molecular complexity index is 1260. The number of fused-ring (bicyclic) bond motifs is 3. The second-order valence-electron chi connectivity index (χ2n) is 6.72. The molecular weight excluding hydrogens is 420 g/mol. The van der Waals surface area contributed by atoms with Crippen LogP contribution in [0, 0.1) is 6.92 Å². The molecule has 0 spiro atoms. The van der Waals surface area contributed by atoms with E-state index in [4.69, 9.17) is 0 Å². The molecule has 0 aliphatic rings. The van der Waals surface area contributed by atoms with E-state index in [0.29, 0.717) is 12.2 Å². The van der Waals surface area contributed by atoms with E-state index in [-0.39, 0.29) is 11.5 Å². The Kier molecular flexibility index (Phi) is 4.77. The highest BCUT2D eigenvalue weighted by Gasteiger charge is 2.22. The first kappa shape index (κ1) is 18.4. The maximum absolute atomic E-state index is 12.9. The highest BCUT2D eigenvalue weighted by Crippen LogP contribution is 2.25. The molecule has 2 aromatic heterocycles. The van der Waals surface area contributed by atoms with Crippen molar-refractivity contribution in [2.45, 2.75) is 26.4 Å². The van der Waals surface area contributed by atoms with Crippen molar-refractivity contribution >= 4 is 38.4 Å². The molecule has 142 valence electrons. The summed E-state index contributed by atoms with van der Waals surface area (Å²) < 4.78 is 4.69. The summed E-state index contributed by atoms with van der Waals surface area (Å²) in [5.74, 6) is -0.114. The number of hydrogen-bond acceptors (Lipinski definition) is 3. The summed E-state index contributed by atoms with van der Waals surface area (Å²) in [5, 5.41) is 3.84. The molecule has 0 radical (unpaired) electrons. The number of hydrogen-bond donors (Lipinski definition) is 1. The molecule has 0 aliphatic heterocycles. The van der Waals surface area contributed by atoms with Crippen molar-refractivity contribution < 1.29 is 4.79 Å². The molecule has 0 fully saturated rings. The Labute approximate surface area is 169 Å². The SMILES string of the molecule is Cc1cc(=O)nc2c3ccccc3n([C@@H](C)C(=O)NCc3ccccc3Br)n12. The highest BCUT2D eigenvalue weighted by atomic mass is 79.9. The molecule has 7 heteroatoms. The van der Waals surface area contributed by atoms with Crippen molar-refractivity contribution in [2.75, 3.05) is 0 Å². The van der Waals surface area contributed by atoms with E-state index in [1.807, 2.05) is 71.6 Å². The van der Waals surface area contributed by atoms with E-state index in [0.717, 1.165) is 26.6 Å². The standard InChI is InChI=1S/C21H19BrN4O2/c1-13-11-19(27)24-20-16-8-4-6-10-18(16)26(25(13)20)14(2)21(28)23-12-15-7-3-5-9-17(15)22/h3-11,14H,12H2,1-2H3,(H,23,28)/t14-/m0/s1. The van der Waals surface area contributed by atoms with E-state index in [2.05, 4.69) is 26.2 Å². The topological polar surface area (TPSA) is 68.4 Å². The lowest BCUT2D eigenvalue weighted by Crippen LogP contribution is -2.32. The van der Waals surface area contributed by atoms with E-state index < -0.39 is 6.04 Å². The number of rotatable bonds is 4. The quantitative estimate of drug-likeness (QED) is 0.529. The summed E-state index contributed by atoms with van der Waals surface area (Å²) in [6, 6.07) is 16.4. The van der Waals surface area contributed by atoms with Crippen LogP contribution in [0.1, 0.15) is 24.2 Å². The van der Waals surface area contributed by atoms with Gasteiger partial charge in [0.05, 0.1) is 5.52 Å². The zero-order valence-corrected chi connectivity index (χ0v) is 17.1. The number of carbonyl (C=O) groups excluding carboxylic acids is 1. The van der Waals surface area contributed by atoms with Gasteiger partial charge in [0.15, 0.2) is 5.65 Å². The normalized spacial score (nSPS) is 12.4. The summed E-state index contributed by atoms with van der Waals surface area (Å²) in [6.07, 6.45) is 0. The van der Waals surface area contributed by atoms with Crippen LogP contribution in [0.15, 0.2) is 63.9 Å². The average Bonchev–Trinajstić information content (AvgIpc) is 3.01. The number of aromatic nitrogens is 3. The smallest absolute Gasteiger partial charge is 0.273 e. The number of aryl methyl sites for hydroxylation is 1. The molecule has 0 unspecified atom stereocenters. The molecule has 4 aromatic rings. The minimum Gasteiger partial charge on any atom is -0.350 e. The lowest BCUT2D eigenvalue weighted by atomic mass is 10.2. The van der Waals surface area contributed by atoms with Crippen LogP contribution in [0.2, 0.25) is 0 Å². The van der Waals surface area contributed by atoms with Crippen LogP contribution in [0.4, 0.5) is 0 Å². The summed E-state index contributed by atoms with van der Waals surface area (Å²) in [5.41, 5.74) is 2.87. The van der Waals surface area contributed by atoms with Crippen LogP contribution in [0.25, 0.3) is 16.6 Å². The first-order chi connectivity index (χ1) is 13.5. The van der Waals surface area contributed by atoms with Gasteiger partial charge in [-0.2, -0.15) is 4.98 Å². The number of amides is 1. The molecule has 1 atom stereocenters. The van der Waals surface area contributed by atoms with E-state index >= 15 is 0 Å². The van der Waals surface area contributed by atoms with Crippen LogP contribution in [-0.4, -0.2) is 20.1 Å². The number of carbonyl (C=O) groups is 1. The van der Waals surface area contributed by atoms with Crippen LogP contribution < -0.4 is 10.9 Å². The van der Waals surface area contributed by atoms with Gasteiger partial charge in [-0.05, 0) is 37.6 Å². The molecule has 2 heterocycles. The number of benzene rings is 2. The minimum absolute atomic E-state index is 0.114. The van der Waals surface area contributed by atoms with Crippen LogP contribution in [0.5, 0.6) is 0 Å². The lowest BCUT2D eigenvalue weighted by Gasteiger charge is -2.18. The highest BCUT2D eigenvalue weighted by molar-refractivity contribution is 9.10. The maximum Gasteiger partial charge on any atom is 0.273 e. The fourth-order valence-corrected chi connectivity index (χ4v) is 3.90. The molecule has 6 nitrogen and oxygen atoms in total. The zero-order valence-electron chi connectivity index (χ0n) is 15.5. The van der Waals surface area contributed by atoms with Gasteiger partial charge in [0.1, 0.15) is 6.04 Å². The number of para-hydroxylation sites is 1. The fourth-order valence-electron chi connectivity index (χ4n) is 3.47. The number of nitrogens with zero attached hydrogens (tertiary/aromatic N) is 3. The van der Waals surface area contributed by atoms with E-state index in [1.54, 1.807) is 0 Å². The lowest BCUT2D eigenvalue weighted by molar-refractivity contribution is -0.124. The molecule has 0 saturated carbocycles. The molecule has 0 saturated heterocycles. The third kappa shape index (κ3) is 3.11. The molecule has 0 aliphatic carbocycles. The van der Waals surface area contributed by atoms with Gasteiger partial charge >= 0.3 is 0 Å². The van der Waals surface area contributed by atoms with Gasteiger partial charge in [-0.15, -0.1) is 0 Å². The summed E-state index contributed by atoms with van der Waals surface area (Å²) in [4.78, 5) is 29.1. The summed E-state index contributed by atoms with van der Waals surface area (Å²) in [6.45, 7) is 4.12. The van der Waals surface area contributed by atoms with Crippen LogP contribution >= 0.6 is 15.9 Å². The Balaban J connectivity index is 1.76. The maximum atomic E-state index is 12.9. The molecule has 1 amide bonds. The molecule has 4 rings (SSSR count). The van der Waals surface area contributed by atoms with Crippen LogP contribution in [-0.2, 0) is 11.3 Å². The van der Waals surface area contributed by atoms with Gasteiger partial charge in [-0.25, -0.2) is 4.52 Å². The fraction of sp³-hybridized carbons (Fsp3) is 0.190. The van der Waals surface area contributed by atoms with Crippen molar-refractivity contribution in [1.29, 1.82) is 0 Å². The zero-order chi connectivity index (χ0) is 19.8. The first-order valence-electron chi connectivity index (χ1n) is 8.98. The van der Waals surface area contributed by atoms with Crippen molar-refractivity contribution in [3.8, 4) is 0 Å². The number of halogens is 1. The third-order valence-corrected chi connectivity index (χ3v) is 5.62. The average molecular weight is 439 g/mol. The van der Waals surface area contributed by atoms with E-state index in [9.17, 15) is 9.59 Å². The van der Waals surface area contributed by atoms with Crippen LogP contribution in [0.3, 0.4) is 0 Å². The predicted octanol–water partition coefficient (Wildman–Crippen LogP) is 3.60. The van der Waals surface area contributed by atoms with Gasteiger partial charge in [-0.3, -0.25) is 14.3 Å². The number of nitrogens with one attached hydrogen (secondary N) is 1. The molecule has 0 bridgehead atoms. The summed E-state index contributed by atoms with van der Waals surface area (Å²) >= 11 is 3.51. The molecule has 2 aromatic carbocycles. The van der Waals surface area contributed by atoms with Crippen molar-refractivity contribution in [3.05, 3.63) is 80.7 Å². The monoisotopic (exact) mass is 438 g/mol. The Morgan fingerprint density at radius 1 is 1.18 bits per heavy atom. The Morgan fingerprint density at radius 3 is 2.68 bits per heavy atom. The van der Waals surface area contributed by atoms with Crippen molar-refractivity contribution in [3.63, 3.8) is 0 Å². The Hall–Kier alpha value is -2.93. The van der Waals surface area contributed by atoms with Crippen molar-refractivity contribution in [1.82, 2.24) is 19.5 Å². The largest absolute Gasteiger partial charge is 0.350 e. The van der Waals surface area contributed by atoms with Gasteiger partial charge in [0.25, 0.3) is 5.56 Å².